The van der Waals surface area contributed by atoms with Crippen molar-refractivity contribution in [3.8, 4) is 5.75 Å². The molecular formula is C29H30N2O6S. The Morgan fingerprint density at radius 1 is 1.11 bits per heavy atom. The van der Waals surface area contributed by atoms with Gasteiger partial charge in [-0.25, -0.2) is 9.78 Å². The second-order valence-corrected chi connectivity index (χ2v) is 9.87. The monoisotopic (exact) mass is 534 g/mol. The quantitative estimate of drug-likeness (QED) is 0.123. The molecule has 1 fully saturated rings. The number of aliphatic hydroxyl groups excluding tert-OH is 1. The minimum Gasteiger partial charge on any atom is -0.507 e. The van der Waals surface area contributed by atoms with Gasteiger partial charge in [0.15, 0.2) is 5.13 Å². The Morgan fingerprint density at radius 3 is 2.50 bits per heavy atom. The minimum atomic E-state index is -0.933. The molecule has 1 atom stereocenters. The van der Waals surface area contributed by atoms with Gasteiger partial charge in [0, 0.05) is 5.56 Å². The topological polar surface area (TPSA) is 106 Å². The SMILES string of the molecule is CCCCOc1ccc(C(O)=C2C(=O)C(=O)N(c3nc(C)c(C(=O)OCC)s3)[C@@H]2c2ccccc2)cc1C. The van der Waals surface area contributed by atoms with Gasteiger partial charge in [0.05, 0.1) is 30.5 Å². The lowest BCUT2D eigenvalue weighted by molar-refractivity contribution is -0.132. The van der Waals surface area contributed by atoms with Crippen LogP contribution in [0.1, 0.15) is 64.8 Å². The second kappa shape index (κ2) is 11.6. The van der Waals surface area contributed by atoms with Gasteiger partial charge in [-0.3, -0.25) is 14.5 Å². The van der Waals surface area contributed by atoms with Crippen molar-refractivity contribution in [2.75, 3.05) is 18.1 Å². The number of unbranched alkanes of at least 4 members (excludes halogenated alkanes) is 1. The number of Topliss-reactive ketones (excluding diaryl/α,β-unsaturated/α-hetero) is 1. The molecule has 8 nitrogen and oxygen atoms in total. The Labute approximate surface area is 225 Å². The molecule has 3 aromatic rings. The number of nitrogens with zero attached hydrogens (tertiary/aromatic N) is 2. The number of thiazole rings is 1. The van der Waals surface area contributed by atoms with E-state index in [1.807, 2.05) is 13.0 Å². The first-order chi connectivity index (χ1) is 18.3. The van der Waals surface area contributed by atoms with E-state index in [-0.39, 0.29) is 27.9 Å². The van der Waals surface area contributed by atoms with Crippen LogP contribution in [0.3, 0.4) is 0 Å². The Bertz CT molecular complexity index is 1400. The lowest BCUT2D eigenvalue weighted by atomic mass is 9.95. The average molecular weight is 535 g/mol. The molecule has 38 heavy (non-hydrogen) atoms. The molecule has 1 saturated heterocycles. The number of hydrogen-bond acceptors (Lipinski definition) is 8. The fraction of sp³-hybridized carbons (Fsp3) is 0.310. The van der Waals surface area contributed by atoms with Crippen LogP contribution in [0, 0.1) is 13.8 Å². The van der Waals surface area contributed by atoms with Gasteiger partial charge < -0.3 is 14.6 Å². The van der Waals surface area contributed by atoms with E-state index in [1.165, 1.54) is 4.90 Å². The Morgan fingerprint density at radius 2 is 1.84 bits per heavy atom. The number of ether oxygens (including phenoxy) is 2. The number of carbonyl (C=O) groups is 3. The number of anilines is 1. The lowest BCUT2D eigenvalue weighted by Crippen LogP contribution is -2.29. The average Bonchev–Trinajstić information content (AvgIpc) is 3.42. The molecule has 198 valence electrons. The number of rotatable bonds is 9. The molecule has 9 heteroatoms. The number of hydrogen-bond donors (Lipinski definition) is 1. The third-order valence-electron chi connectivity index (χ3n) is 6.22. The van der Waals surface area contributed by atoms with E-state index in [4.69, 9.17) is 9.47 Å². The number of esters is 1. The summed E-state index contributed by atoms with van der Waals surface area (Å²) in [5, 5.41) is 11.6. The van der Waals surface area contributed by atoms with Gasteiger partial charge in [0.2, 0.25) is 0 Å². The van der Waals surface area contributed by atoms with Crippen molar-refractivity contribution in [1.82, 2.24) is 4.98 Å². The standard InChI is InChI=1S/C29H30N2O6S/c1-5-7-15-37-21-14-13-20(16-17(21)3)24(32)22-23(19-11-9-8-10-12-19)31(27(34)25(22)33)29-30-18(4)26(38-29)28(35)36-6-2/h8-14,16,23,32H,5-7,15H2,1-4H3/t23-/m1/s1. The van der Waals surface area contributed by atoms with E-state index >= 15 is 0 Å². The molecule has 1 N–H and O–H groups in total. The predicted octanol–water partition coefficient (Wildman–Crippen LogP) is 5.74. The summed E-state index contributed by atoms with van der Waals surface area (Å²) >= 11 is 0.979. The molecule has 0 aliphatic carbocycles. The summed E-state index contributed by atoms with van der Waals surface area (Å²) in [5.41, 5.74) is 2.16. The van der Waals surface area contributed by atoms with Crippen LogP contribution in [0.5, 0.6) is 5.75 Å². The van der Waals surface area contributed by atoms with Crippen LogP contribution in [-0.2, 0) is 14.3 Å². The smallest absolute Gasteiger partial charge is 0.350 e. The summed E-state index contributed by atoms with van der Waals surface area (Å²) < 4.78 is 10.9. The molecule has 1 aliphatic rings. The van der Waals surface area contributed by atoms with Gasteiger partial charge in [-0.2, -0.15) is 0 Å². The summed E-state index contributed by atoms with van der Waals surface area (Å²) in [6, 6.07) is 13.2. The van der Waals surface area contributed by atoms with E-state index in [2.05, 4.69) is 11.9 Å². The van der Waals surface area contributed by atoms with Crippen molar-refractivity contribution >= 4 is 39.9 Å². The van der Waals surface area contributed by atoms with Crippen LogP contribution in [0.2, 0.25) is 0 Å². The highest BCUT2D eigenvalue weighted by Crippen LogP contribution is 2.44. The Hall–Kier alpha value is -3.98. The third kappa shape index (κ3) is 5.19. The molecule has 2 heterocycles. The first-order valence-corrected chi connectivity index (χ1v) is 13.3. The van der Waals surface area contributed by atoms with E-state index in [0.717, 1.165) is 29.7 Å². The van der Waals surface area contributed by atoms with Crippen molar-refractivity contribution in [2.24, 2.45) is 0 Å². The van der Waals surface area contributed by atoms with E-state index < -0.39 is 23.7 Å². The minimum absolute atomic E-state index is 0.0502. The number of ketones is 1. The molecule has 1 amide bonds. The summed E-state index contributed by atoms with van der Waals surface area (Å²) in [7, 11) is 0. The molecule has 1 aromatic heterocycles. The molecule has 0 bridgehead atoms. The van der Waals surface area contributed by atoms with Crippen LogP contribution in [0.15, 0.2) is 54.1 Å². The maximum absolute atomic E-state index is 13.4. The number of benzene rings is 2. The zero-order chi connectivity index (χ0) is 27.4. The van der Waals surface area contributed by atoms with Gasteiger partial charge in [0.25, 0.3) is 5.78 Å². The Balaban J connectivity index is 1.81. The summed E-state index contributed by atoms with van der Waals surface area (Å²) in [4.78, 5) is 45.1. The van der Waals surface area contributed by atoms with Crippen molar-refractivity contribution in [1.29, 1.82) is 0 Å². The van der Waals surface area contributed by atoms with Crippen molar-refractivity contribution in [3.05, 3.63) is 81.4 Å². The van der Waals surface area contributed by atoms with E-state index in [9.17, 15) is 19.5 Å². The van der Waals surface area contributed by atoms with Crippen LogP contribution >= 0.6 is 11.3 Å². The molecule has 4 rings (SSSR count). The van der Waals surface area contributed by atoms with Gasteiger partial charge in [-0.05, 0) is 56.5 Å². The zero-order valence-electron chi connectivity index (χ0n) is 21.8. The van der Waals surface area contributed by atoms with Crippen LogP contribution in [0.25, 0.3) is 5.76 Å². The third-order valence-corrected chi connectivity index (χ3v) is 7.35. The molecule has 0 spiro atoms. The molecule has 0 saturated carbocycles. The number of amides is 1. The highest BCUT2D eigenvalue weighted by atomic mass is 32.1. The van der Waals surface area contributed by atoms with Crippen LogP contribution in [0.4, 0.5) is 5.13 Å². The fourth-order valence-corrected chi connectivity index (χ4v) is 5.28. The summed E-state index contributed by atoms with van der Waals surface area (Å²) in [6.45, 7) is 8.08. The largest absolute Gasteiger partial charge is 0.507 e. The maximum Gasteiger partial charge on any atom is 0.350 e. The number of carbonyl (C=O) groups excluding carboxylic acids is 3. The zero-order valence-corrected chi connectivity index (χ0v) is 22.6. The number of aromatic nitrogens is 1. The summed E-state index contributed by atoms with van der Waals surface area (Å²) in [6.07, 6.45) is 1.94. The molecule has 2 aromatic carbocycles. The normalized spacial score (nSPS) is 16.6. The molecular weight excluding hydrogens is 504 g/mol. The van der Waals surface area contributed by atoms with Crippen molar-refractivity contribution < 1.29 is 29.0 Å². The van der Waals surface area contributed by atoms with Gasteiger partial charge in [0.1, 0.15) is 16.4 Å². The first-order valence-electron chi connectivity index (χ1n) is 12.5. The maximum atomic E-state index is 13.4. The highest BCUT2D eigenvalue weighted by Gasteiger charge is 2.48. The van der Waals surface area contributed by atoms with Crippen molar-refractivity contribution in [2.45, 2.75) is 46.6 Å². The lowest BCUT2D eigenvalue weighted by Gasteiger charge is -2.23. The Kier molecular flexibility index (Phi) is 8.26. The van der Waals surface area contributed by atoms with E-state index in [0.29, 0.717) is 29.2 Å². The number of aliphatic hydroxyl groups is 1. The van der Waals surface area contributed by atoms with Gasteiger partial charge >= 0.3 is 11.9 Å². The van der Waals surface area contributed by atoms with Crippen LogP contribution < -0.4 is 9.64 Å². The predicted molar refractivity (Wildman–Crippen MR) is 146 cm³/mol. The fourth-order valence-electron chi connectivity index (χ4n) is 4.29. The first kappa shape index (κ1) is 27.1. The molecule has 1 aliphatic heterocycles. The highest BCUT2D eigenvalue weighted by molar-refractivity contribution is 7.17. The molecule has 0 radical (unpaired) electrons. The molecule has 0 unspecified atom stereocenters. The van der Waals surface area contributed by atoms with Gasteiger partial charge in [-0.1, -0.05) is 55.0 Å². The van der Waals surface area contributed by atoms with E-state index in [1.54, 1.807) is 56.3 Å². The van der Waals surface area contributed by atoms with Crippen molar-refractivity contribution in [3.63, 3.8) is 0 Å². The second-order valence-electron chi connectivity index (χ2n) is 8.89. The summed E-state index contributed by atoms with van der Waals surface area (Å²) in [5.74, 6) is -1.80. The van der Waals surface area contributed by atoms with Gasteiger partial charge in [-0.15, -0.1) is 0 Å². The van der Waals surface area contributed by atoms with Crippen LogP contribution in [-0.4, -0.2) is 41.0 Å². The number of aryl methyl sites for hydroxylation is 2.